The van der Waals surface area contributed by atoms with Crippen LogP contribution in [0.1, 0.15) is 84.3 Å². The van der Waals surface area contributed by atoms with E-state index in [2.05, 4.69) is 47.9 Å². The third kappa shape index (κ3) is 11.2. The van der Waals surface area contributed by atoms with Crippen molar-refractivity contribution in [2.75, 3.05) is 79.2 Å². The molecule has 0 N–H and O–H groups in total. The minimum atomic E-state index is -4.66. The molecule has 0 aromatic heterocycles. The highest BCUT2D eigenvalue weighted by molar-refractivity contribution is 7.86. The number of ketones is 1. The quantitative estimate of drug-likeness (QED) is 0.0608. The molecular weight excluding hydrogens is 819 g/mol. The molecule has 0 radical (unpaired) electrons. The number of carbonyl (C=O) groups is 1. The summed E-state index contributed by atoms with van der Waals surface area (Å²) in [5, 5.41) is 0. The summed E-state index contributed by atoms with van der Waals surface area (Å²) in [6.07, 6.45) is 12.9. The predicted octanol–water partition coefficient (Wildman–Crippen LogP) is 6.62. The van der Waals surface area contributed by atoms with Crippen molar-refractivity contribution < 1.29 is 54.0 Å². The lowest BCUT2D eigenvalue weighted by Crippen LogP contribution is -2.41. The molecule has 0 bridgehead atoms. The number of allylic oxidation sites excluding steroid dienone is 7. The summed E-state index contributed by atoms with van der Waals surface area (Å²) in [6.45, 7) is 13.8. The monoisotopic (exact) mass is 881 g/mol. The molecule has 2 aliphatic heterocycles. The van der Waals surface area contributed by atoms with Gasteiger partial charge in [-0.15, -0.1) is 0 Å². The van der Waals surface area contributed by atoms with Gasteiger partial charge in [0.15, 0.2) is 12.3 Å². The Kier molecular flexibility index (Phi) is 15.1. The van der Waals surface area contributed by atoms with Crippen LogP contribution in [0.3, 0.4) is 0 Å². The van der Waals surface area contributed by atoms with Crippen LogP contribution in [-0.4, -0.2) is 121 Å². The molecule has 0 saturated carbocycles. The van der Waals surface area contributed by atoms with E-state index in [9.17, 15) is 30.7 Å². The van der Waals surface area contributed by atoms with Crippen molar-refractivity contribution in [2.45, 2.75) is 93.8 Å². The zero-order valence-electron chi connectivity index (χ0n) is 37.2. The molecule has 15 heteroatoms. The van der Waals surface area contributed by atoms with Crippen LogP contribution in [0.4, 0.5) is 11.4 Å². The van der Waals surface area contributed by atoms with Crippen LogP contribution < -0.4 is 4.90 Å². The van der Waals surface area contributed by atoms with E-state index >= 15 is 0 Å². The predicted molar refractivity (Wildman–Crippen MR) is 234 cm³/mol. The zero-order valence-corrected chi connectivity index (χ0v) is 38.8. The molecule has 0 atom stereocenters. The summed E-state index contributed by atoms with van der Waals surface area (Å²) in [6, 6.07) is 9.08. The Balaban J connectivity index is 1.57. The van der Waals surface area contributed by atoms with Gasteiger partial charge in [-0.1, -0.05) is 19.9 Å². The Morgan fingerprint density at radius 3 is 2.11 bits per heavy atom. The van der Waals surface area contributed by atoms with Gasteiger partial charge in [0.2, 0.25) is 5.69 Å². The molecule has 3 aliphatic rings. The van der Waals surface area contributed by atoms with E-state index in [4.69, 9.17) is 14.2 Å². The van der Waals surface area contributed by atoms with Gasteiger partial charge in [0.1, 0.15) is 38.4 Å². The van der Waals surface area contributed by atoms with E-state index in [1.54, 1.807) is 33.3 Å². The van der Waals surface area contributed by atoms with Crippen LogP contribution in [0.2, 0.25) is 0 Å². The molecule has 5 rings (SSSR count). The number of hydrogen-bond donors (Lipinski definition) is 0. The van der Waals surface area contributed by atoms with Crippen molar-refractivity contribution in [2.24, 2.45) is 0 Å². The second-order valence-electron chi connectivity index (χ2n) is 17.9. The summed E-state index contributed by atoms with van der Waals surface area (Å²) in [4.78, 5) is 13.2. The molecule has 1 aliphatic carbocycles. The van der Waals surface area contributed by atoms with Gasteiger partial charge in [0.05, 0.1) is 55.6 Å². The molecule has 0 unspecified atom stereocenters. The molecule has 2 aromatic rings. The van der Waals surface area contributed by atoms with Crippen molar-refractivity contribution in [1.29, 1.82) is 0 Å². The zero-order chi connectivity index (χ0) is 45.0. The maximum Gasteiger partial charge on any atom is 0.209 e. The summed E-state index contributed by atoms with van der Waals surface area (Å²) < 4.78 is 93.0. The third-order valence-corrected chi connectivity index (χ3v) is 13.8. The minimum absolute atomic E-state index is 0.194. The van der Waals surface area contributed by atoms with Crippen LogP contribution in [0, 0.1) is 0 Å². The molecule has 0 saturated heterocycles. The van der Waals surface area contributed by atoms with Gasteiger partial charge in [-0.25, -0.2) is 16.8 Å². The fourth-order valence-electron chi connectivity index (χ4n) is 8.77. The molecule has 334 valence electrons. The Morgan fingerprint density at radius 1 is 0.836 bits per heavy atom. The first kappa shape index (κ1) is 48.1. The molecular formula is C46H63N3O10S2. The largest absolute Gasteiger partial charge is 0.744 e. The molecule has 0 fully saturated rings. The van der Waals surface area contributed by atoms with Crippen molar-refractivity contribution in [3.8, 4) is 0 Å². The minimum Gasteiger partial charge on any atom is -0.744 e. The highest BCUT2D eigenvalue weighted by Gasteiger charge is 2.45. The van der Waals surface area contributed by atoms with Gasteiger partial charge in [-0.05, 0) is 99.2 Å². The fourth-order valence-corrected chi connectivity index (χ4v) is 9.76. The van der Waals surface area contributed by atoms with Crippen molar-refractivity contribution in [3.05, 3.63) is 94.4 Å². The van der Waals surface area contributed by atoms with Crippen molar-refractivity contribution >= 4 is 43.1 Å². The average Bonchev–Trinajstić information content (AvgIpc) is 3.52. The summed E-state index contributed by atoms with van der Waals surface area (Å²) in [5.41, 5.74) is 5.69. The lowest BCUT2D eigenvalue weighted by atomic mass is 9.81. The van der Waals surface area contributed by atoms with Gasteiger partial charge in [0.25, 0.3) is 0 Å². The van der Waals surface area contributed by atoms with Crippen LogP contribution in [0.15, 0.2) is 93.1 Å². The Morgan fingerprint density at radius 2 is 1.48 bits per heavy atom. The van der Waals surface area contributed by atoms with Gasteiger partial charge in [-0.2, -0.15) is 4.58 Å². The number of benzene rings is 2. The van der Waals surface area contributed by atoms with E-state index in [0.29, 0.717) is 39.3 Å². The highest BCUT2D eigenvalue weighted by Crippen LogP contribution is 2.49. The SMILES string of the molecule is COCCN1/C(=C/C=C2\CCCC(/C=C/C3=[N+](CCOC)c4ccc(S(=O)(=O)[O-])cc4C3(C)C)=C2OCCC[N+](C)(C)CCCC(C)=O)C(C)(C)c2cc(S(=O)(=O)[O-])ccc21. The number of fused-ring (bicyclic) bond motifs is 2. The molecule has 2 heterocycles. The fraction of sp³-hybridized carbons (Fsp3) is 0.522. The molecule has 61 heavy (non-hydrogen) atoms. The maximum atomic E-state index is 12.1. The van der Waals surface area contributed by atoms with E-state index in [0.717, 1.165) is 100 Å². The number of nitrogens with zero attached hydrogens (tertiary/aromatic N) is 3. The molecule has 0 amide bonds. The number of ether oxygens (including phenoxy) is 3. The number of methoxy groups -OCH3 is 2. The number of rotatable bonds is 20. The van der Waals surface area contributed by atoms with Gasteiger partial charge in [0, 0.05) is 74.5 Å². The first-order chi connectivity index (χ1) is 28.5. The molecule has 13 nitrogen and oxygen atoms in total. The Bertz CT molecular complexity index is 2370. The summed E-state index contributed by atoms with van der Waals surface area (Å²) in [7, 11) is -1.73. The highest BCUT2D eigenvalue weighted by atomic mass is 32.2. The van der Waals surface area contributed by atoms with Crippen LogP contribution in [-0.2, 0) is 50.1 Å². The first-order valence-corrected chi connectivity index (χ1v) is 23.7. The summed E-state index contributed by atoms with van der Waals surface area (Å²) in [5.74, 6) is 0.981. The first-order valence-electron chi connectivity index (χ1n) is 20.9. The van der Waals surface area contributed by atoms with Gasteiger partial charge in [-0.3, -0.25) is 0 Å². The molecule has 2 aromatic carbocycles. The van der Waals surface area contributed by atoms with Crippen molar-refractivity contribution in [1.82, 2.24) is 0 Å². The van der Waals surface area contributed by atoms with Crippen LogP contribution >= 0.6 is 0 Å². The van der Waals surface area contributed by atoms with Crippen LogP contribution in [0.5, 0.6) is 0 Å². The number of quaternary nitrogens is 1. The third-order valence-electron chi connectivity index (χ3n) is 12.1. The lowest BCUT2D eigenvalue weighted by molar-refractivity contribution is -0.890. The van der Waals surface area contributed by atoms with E-state index in [-0.39, 0.29) is 15.6 Å². The lowest BCUT2D eigenvalue weighted by Gasteiger charge is -2.30. The smallest absolute Gasteiger partial charge is 0.209 e. The van der Waals surface area contributed by atoms with Gasteiger partial charge >= 0.3 is 0 Å². The van der Waals surface area contributed by atoms with E-state index in [1.165, 1.54) is 24.3 Å². The standard InChI is InChI=1S/C46H63N3O10S2/c1-33(50)13-11-26-49(6,7)27-12-28-59-44-34(16-22-42-45(2,3)38-31-36(60(51,52)53)18-20-40(38)47(42)24-29-57-8)14-10-15-35(44)17-23-43-46(4,5)39-32-37(61(54,55)56)19-21-41(39)48(43)25-30-58-9/h16-23,31-32H,10-15,24-30H2,1-9H3. The Hall–Kier alpha value is -3.96. The average molecular weight is 882 g/mol. The number of hydrogen-bond acceptors (Lipinski definition) is 11. The van der Waals surface area contributed by atoms with Crippen LogP contribution in [0.25, 0.3) is 0 Å². The second-order valence-corrected chi connectivity index (χ2v) is 20.6. The van der Waals surface area contributed by atoms with E-state index in [1.807, 2.05) is 27.7 Å². The maximum absolute atomic E-state index is 12.1. The topological polar surface area (TPSA) is 165 Å². The van der Waals surface area contributed by atoms with Gasteiger partial charge < -0.3 is 37.5 Å². The normalized spacial score (nSPS) is 19.1. The number of carbonyl (C=O) groups excluding carboxylic acids is 1. The number of Topliss-reactive ketones (excluding diaryl/α,β-unsaturated/α-hetero) is 1. The molecule has 0 spiro atoms. The second kappa shape index (κ2) is 19.2. The van der Waals surface area contributed by atoms with Crippen molar-refractivity contribution in [3.63, 3.8) is 0 Å². The Labute approximate surface area is 363 Å². The number of anilines is 1. The van der Waals surface area contributed by atoms with E-state index < -0.39 is 31.1 Å². The summed E-state index contributed by atoms with van der Waals surface area (Å²) >= 11 is 0.